The van der Waals surface area contributed by atoms with E-state index in [4.69, 9.17) is 4.74 Å². The zero-order valence-electron chi connectivity index (χ0n) is 13.5. The van der Waals surface area contributed by atoms with Crippen LogP contribution in [-0.2, 0) is 11.3 Å². The molecule has 0 aliphatic carbocycles. The largest absolute Gasteiger partial charge is 0.378 e. The number of ether oxygens (including phenoxy) is 1. The minimum atomic E-state index is 0.275. The average Bonchev–Trinajstić information content (AvgIpc) is 3.06. The molecule has 3 unspecified atom stereocenters. The first kappa shape index (κ1) is 16.9. The van der Waals surface area contributed by atoms with Crippen LogP contribution in [0.2, 0.25) is 0 Å². The van der Waals surface area contributed by atoms with E-state index in [9.17, 15) is 0 Å². The minimum absolute atomic E-state index is 0.275. The van der Waals surface area contributed by atoms with Crippen LogP contribution >= 0.6 is 15.9 Å². The van der Waals surface area contributed by atoms with Gasteiger partial charge in [0, 0.05) is 19.1 Å². The van der Waals surface area contributed by atoms with Gasteiger partial charge < -0.3 is 15.0 Å². The second-order valence-electron chi connectivity index (χ2n) is 5.94. The van der Waals surface area contributed by atoms with E-state index in [0.717, 1.165) is 37.0 Å². The van der Waals surface area contributed by atoms with Crippen molar-refractivity contribution in [1.29, 1.82) is 0 Å². The van der Waals surface area contributed by atoms with Gasteiger partial charge in [0.2, 0.25) is 0 Å². The van der Waals surface area contributed by atoms with Crippen molar-refractivity contribution < 1.29 is 4.74 Å². The van der Waals surface area contributed by atoms with E-state index in [2.05, 4.69) is 56.9 Å². The summed E-state index contributed by atoms with van der Waals surface area (Å²) in [5.41, 5.74) is 1.24. The van der Waals surface area contributed by atoms with Gasteiger partial charge in [0.05, 0.1) is 35.1 Å². The summed E-state index contributed by atoms with van der Waals surface area (Å²) in [4.78, 5) is 2.18. The van der Waals surface area contributed by atoms with Crippen LogP contribution in [0.25, 0.3) is 0 Å². The number of likely N-dealkylation sites (N-methyl/N-ethyl adjacent to an activating group) is 1. The minimum Gasteiger partial charge on any atom is -0.378 e. The van der Waals surface area contributed by atoms with Crippen LogP contribution in [0.3, 0.4) is 0 Å². The van der Waals surface area contributed by atoms with Gasteiger partial charge in [-0.15, -0.1) is 0 Å². The van der Waals surface area contributed by atoms with Crippen molar-refractivity contribution in [3.05, 3.63) is 16.4 Å². The number of halogens is 1. The van der Waals surface area contributed by atoms with Crippen LogP contribution in [0.1, 0.15) is 31.5 Å². The molecule has 3 atom stereocenters. The van der Waals surface area contributed by atoms with Crippen molar-refractivity contribution in [1.82, 2.24) is 20.0 Å². The monoisotopic (exact) mass is 358 g/mol. The van der Waals surface area contributed by atoms with Crippen molar-refractivity contribution >= 4 is 15.9 Å². The van der Waals surface area contributed by atoms with Crippen molar-refractivity contribution in [3.8, 4) is 0 Å². The zero-order chi connectivity index (χ0) is 15.4. The standard InChI is InChI=1S/C15H27BrN4O/c1-5-13-11(6-9-21-13)14(17-2)15-12(16)10-18-20(15)8-7-19(3)4/h10-11,13-14,17H,5-9H2,1-4H3. The summed E-state index contributed by atoms with van der Waals surface area (Å²) in [6.07, 6.45) is 4.42. The highest BCUT2D eigenvalue weighted by Crippen LogP contribution is 2.37. The number of hydrogen-bond acceptors (Lipinski definition) is 4. The Morgan fingerprint density at radius 2 is 2.33 bits per heavy atom. The number of nitrogens with zero attached hydrogens (tertiary/aromatic N) is 3. The van der Waals surface area contributed by atoms with E-state index in [1.165, 1.54) is 5.69 Å². The molecular formula is C15H27BrN4O. The molecule has 1 aromatic rings. The smallest absolute Gasteiger partial charge is 0.0700 e. The van der Waals surface area contributed by atoms with Gasteiger partial charge in [-0.05, 0) is 49.9 Å². The Bertz CT molecular complexity index is 449. The van der Waals surface area contributed by atoms with Gasteiger partial charge in [-0.25, -0.2) is 0 Å². The molecule has 0 amide bonds. The van der Waals surface area contributed by atoms with Crippen molar-refractivity contribution in [2.75, 3.05) is 34.3 Å². The van der Waals surface area contributed by atoms with Crippen LogP contribution in [0.15, 0.2) is 10.7 Å². The summed E-state index contributed by atoms with van der Waals surface area (Å²) >= 11 is 3.68. The Balaban J connectivity index is 2.22. The topological polar surface area (TPSA) is 42.3 Å². The Kier molecular flexibility index (Phi) is 6.22. The van der Waals surface area contributed by atoms with E-state index >= 15 is 0 Å². The fraction of sp³-hybridized carbons (Fsp3) is 0.800. The SMILES string of the molecule is CCC1OCCC1C(NC)c1c(Br)cnn1CCN(C)C. The fourth-order valence-corrected chi connectivity index (χ4v) is 3.72. The molecule has 0 saturated carbocycles. The van der Waals surface area contributed by atoms with Gasteiger partial charge in [-0.3, -0.25) is 4.68 Å². The lowest BCUT2D eigenvalue weighted by atomic mass is 9.89. The average molecular weight is 359 g/mol. The zero-order valence-corrected chi connectivity index (χ0v) is 15.1. The number of aromatic nitrogens is 2. The van der Waals surface area contributed by atoms with E-state index in [-0.39, 0.29) is 6.04 Å². The summed E-state index contributed by atoms with van der Waals surface area (Å²) in [6.45, 7) is 4.95. The summed E-state index contributed by atoms with van der Waals surface area (Å²) in [5.74, 6) is 0.506. The lowest BCUT2D eigenvalue weighted by Crippen LogP contribution is -2.33. The molecule has 6 heteroatoms. The van der Waals surface area contributed by atoms with Crippen LogP contribution in [0.4, 0.5) is 0 Å². The Hall–Kier alpha value is -0.430. The normalized spacial score (nSPS) is 23.9. The van der Waals surface area contributed by atoms with E-state index in [1.807, 2.05) is 13.2 Å². The van der Waals surface area contributed by atoms with Gasteiger partial charge in [0.15, 0.2) is 0 Å². The number of nitrogens with one attached hydrogen (secondary N) is 1. The Labute approximate surface area is 136 Å². The third kappa shape index (κ3) is 3.86. The maximum absolute atomic E-state index is 5.88. The van der Waals surface area contributed by atoms with Crippen molar-refractivity contribution in [2.45, 2.75) is 38.5 Å². The van der Waals surface area contributed by atoms with Crippen LogP contribution in [-0.4, -0.2) is 55.1 Å². The van der Waals surface area contributed by atoms with Crippen LogP contribution < -0.4 is 5.32 Å². The maximum atomic E-state index is 5.88. The molecule has 0 bridgehead atoms. The molecule has 0 spiro atoms. The van der Waals surface area contributed by atoms with Crippen LogP contribution in [0.5, 0.6) is 0 Å². The van der Waals surface area contributed by atoms with Gasteiger partial charge in [-0.1, -0.05) is 6.92 Å². The van der Waals surface area contributed by atoms with E-state index in [0.29, 0.717) is 12.0 Å². The first-order valence-corrected chi connectivity index (χ1v) is 8.52. The molecule has 21 heavy (non-hydrogen) atoms. The molecule has 120 valence electrons. The van der Waals surface area contributed by atoms with Gasteiger partial charge in [0.1, 0.15) is 0 Å². The molecule has 1 fully saturated rings. The van der Waals surface area contributed by atoms with Crippen molar-refractivity contribution in [3.63, 3.8) is 0 Å². The molecule has 5 nitrogen and oxygen atoms in total. The molecule has 0 radical (unpaired) electrons. The van der Waals surface area contributed by atoms with Gasteiger partial charge in [0.25, 0.3) is 0 Å². The predicted octanol–water partition coefficient (Wildman–Crippen LogP) is 2.28. The Morgan fingerprint density at radius 1 is 1.57 bits per heavy atom. The number of hydrogen-bond donors (Lipinski definition) is 1. The summed E-state index contributed by atoms with van der Waals surface area (Å²) < 4.78 is 9.09. The lowest BCUT2D eigenvalue weighted by Gasteiger charge is -2.28. The van der Waals surface area contributed by atoms with Gasteiger partial charge in [-0.2, -0.15) is 5.10 Å². The highest BCUT2D eigenvalue weighted by atomic mass is 79.9. The number of rotatable bonds is 7. The first-order chi connectivity index (χ1) is 10.1. The second kappa shape index (κ2) is 7.72. The Morgan fingerprint density at radius 3 is 2.95 bits per heavy atom. The quantitative estimate of drug-likeness (QED) is 0.811. The molecule has 1 aliphatic heterocycles. The molecular weight excluding hydrogens is 332 g/mol. The summed E-state index contributed by atoms with van der Waals surface area (Å²) in [5, 5.41) is 8.04. The molecule has 2 heterocycles. The first-order valence-electron chi connectivity index (χ1n) is 7.73. The maximum Gasteiger partial charge on any atom is 0.0700 e. The highest BCUT2D eigenvalue weighted by Gasteiger charge is 2.36. The molecule has 1 aliphatic rings. The van der Waals surface area contributed by atoms with Gasteiger partial charge >= 0.3 is 0 Å². The molecule has 1 N–H and O–H groups in total. The van der Waals surface area contributed by atoms with E-state index in [1.54, 1.807) is 0 Å². The second-order valence-corrected chi connectivity index (χ2v) is 6.79. The molecule has 0 aromatic carbocycles. The molecule has 1 saturated heterocycles. The van der Waals surface area contributed by atoms with Crippen LogP contribution in [0, 0.1) is 5.92 Å². The molecule has 2 rings (SSSR count). The predicted molar refractivity (Wildman–Crippen MR) is 88.4 cm³/mol. The molecule has 1 aromatic heterocycles. The summed E-state index contributed by atoms with van der Waals surface area (Å²) in [6, 6.07) is 0.275. The lowest BCUT2D eigenvalue weighted by molar-refractivity contribution is 0.0771. The van der Waals surface area contributed by atoms with E-state index < -0.39 is 0 Å². The third-order valence-corrected chi connectivity index (χ3v) is 4.90. The third-order valence-electron chi connectivity index (χ3n) is 4.29. The highest BCUT2D eigenvalue weighted by molar-refractivity contribution is 9.10. The van der Waals surface area contributed by atoms with Crippen molar-refractivity contribution in [2.24, 2.45) is 5.92 Å². The summed E-state index contributed by atoms with van der Waals surface area (Å²) in [7, 11) is 6.21. The fourth-order valence-electron chi connectivity index (χ4n) is 3.17.